The summed E-state index contributed by atoms with van der Waals surface area (Å²) < 4.78 is 5.56. The molecule has 0 aliphatic carbocycles. The van der Waals surface area contributed by atoms with E-state index in [0.717, 1.165) is 23.4 Å². The van der Waals surface area contributed by atoms with E-state index in [-0.39, 0.29) is 0 Å². The van der Waals surface area contributed by atoms with Crippen LogP contribution in [0, 0.1) is 0 Å². The molecule has 1 heterocycles. The Labute approximate surface area is 99.9 Å². The van der Waals surface area contributed by atoms with E-state index < -0.39 is 0 Å². The van der Waals surface area contributed by atoms with E-state index in [2.05, 4.69) is 35.5 Å². The summed E-state index contributed by atoms with van der Waals surface area (Å²) in [5.41, 5.74) is 5.31. The molecule has 0 fully saturated rings. The highest BCUT2D eigenvalue weighted by molar-refractivity contribution is 7.07. The van der Waals surface area contributed by atoms with Gasteiger partial charge in [0.05, 0.1) is 17.8 Å². The van der Waals surface area contributed by atoms with Crippen LogP contribution in [-0.4, -0.2) is 11.6 Å². The lowest BCUT2D eigenvalue weighted by molar-refractivity contribution is 0.340. The molecule has 0 saturated carbocycles. The summed E-state index contributed by atoms with van der Waals surface area (Å²) in [5.74, 6) is 0.935. The fourth-order valence-electron chi connectivity index (χ4n) is 1.62. The first-order valence-corrected chi connectivity index (χ1v) is 6.43. The van der Waals surface area contributed by atoms with Crippen molar-refractivity contribution in [2.24, 2.45) is 0 Å². The number of benzene rings is 1. The van der Waals surface area contributed by atoms with E-state index in [9.17, 15) is 0 Å². The number of hydrogen-bond donors (Lipinski definition) is 0. The summed E-state index contributed by atoms with van der Waals surface area (Å²) in [6, 6.07) is 6.33. The van der Waals surface area contributed by atoms with Crippen molar-refractivity contribution >= 4 is 11.3 Å². The van der Waals surface area contributed by atoms with Crippen LogP contribution < -0.4 is 4.74 Å². The van der Waals surface area contributed by atoms with Gasteiger partial charge in [-0.15, -0.1) is 11.3 Å². The molecule has 0 unspecified atom stereocenters. The highest BCUT2D eigenvalue weighted by atomic mass is 32.1. The van der Waals surface area contributed by atoms with Crippen molar-refractivity contribution in [3.8, 4) is 17.0 Å². The molecular formula is C13H15NOS. The smallest absolute Gasteiger partial charge is 0.120 e. The van der Waals surface area contributed by atoms with Crippen LogP contribution in [0.4, 0.5) is 0 Å². The first-order valence-electron chi connectivity index (χ1n) is 5.48. The Bertz CT molecular complexity index is 451. The summed E-state index contributed by atoms with van der Waals surface area (Å²) in [6.07, 6.45) is 1.01. The predicted octanol–water partition coefficient (Wildman–Crippen LogP) is 3.77. The van der Waals surface area contributed by atoms with Gasteiger partial charge in [0.15, 0.2) is 0 Å². The molecule has 16 heavy (non-hydrogen) atoms. The van der Waals surface area contributed by atoms with Gasteiger partial charge in [-0.25, -0.2) is 4.98 Å². The second-order valence-corrected chi connectivity index (χ2v) is 4.24. The van der Waals surface area contributed by atoms with Gasteiger partial charge >= 0.3 is 0 Å². The van der Waals surface area contributed by atoms with Gasteiger partial charge in [0.1, 0.15) is 5.75 Å². The van der Waals surface area contributed by atoms with Crippen molar-refractivity contribution in [1.82, 2.24) is 4.98 Å². The molecular weight excluding hydrogens is 218 g/mol. The molecule has 0 aliphatic heterocycles. The summed E-state index contributed by atoms with van der Waals surface area (Å²) in [7, 11) is 0. The van der Waals surface area contributed by atoms with E-state index in [0.29, 0.717) is 6.61 Å². The summed E-state index contributed by atoms with van der Waals surface area (Å²) >= 11 is 1.62. The zero-order chi connectivity index (χ0) is 11.4. The Morgan fingerprint density at radius 2 is 2.12 bits per heavy atom. The van der Waals surface area contributed by atoms with Crippen LogP contribution in [0.15, 0.2) is 29.1 Å². The molecule has 2 nitrogen and oxygen atoms in total. The molecule has 0 saturated heterocycles. The zero-order valence-corrected chi connectivity index (χ0v) is 10.4. The molecule has 0 bridgehead atoms. The number of ether oxygens (including phenoxy) is 1. The fourth-order valence-corrected chi connectivity index (χ4v) is 2.18. The normalized spacial score (nSPS) is 10.4. The Hall–Kier alpha value is -1.35. The molecule has 1 aromatic carbocycles. The first-order chi connectivity index (χ1) is 7.83. The van der Waals surface area contributed by atoms with Crippen molar-refractivity contribution < 1.29 is 4.74 Å². The minimum Gasteiger partial charge on any atom is -0.494 e. The molecule has 2 rings (SSSR count). The van der Waals surface area contributed by atoms with Crippen LogP contribution in [0.5, 0.6) is 5.75 Å². The topological polar surface area (TPSA) is 22.1 Å². The van der Waals surface area contributed by atoms with Crippen LogP contribution in [0.3, 0.4) is 0 Å². The van der Waals surface area contributed by atoms with Gasteiger partial charge < -0.3 is 4.74 Å². The molecule has 0 amide bonds. The number of rotatable bonds is 4. The summed E-state index contributed by atoms with van der Waals surface area (Å²) in [6.45, 7) is 4.85. The summed E-state index contributed by atoms with van der Waals surface area (Å²) in [4.78, 5) is 4.33. The van der Waals surface area contributed by atoms with Crippen LogP contribution in [0.25, 0.3) is 11.3 Å². The quantitative estimate of drug-likeness (QED) is 0.802. The number of aromatic nitrogens is 1. The second-order valence-electron chi connectivity index (χ2n) is 3.53. The average molecular weight is 233 g/mol. The average Bonchev–Trinajstić information content (AvgIpc) is 2.82. The van der Waals surface area contributed by atoms with Crippen LogP contribution in [0.2, 0.25) is 0 Å². The van der Waals surface area contributed by atoms with Gasteiger partial charge in [0, 0.05) is 10.9 Å². The molecule has 1 aromatic heterocycles. The largest absolute Gasteiger partial charge is 0.494 e. The third-order valence-electron chi connectivity index (χ3n) is 2.41. The van der Waals surface area contributed by atoms with E-state index in [4.69, 9.17) is 4.74 Å². The molecule has 0 aliphatic rings. The molecule has 3 heteroatoms. The second kappa shape index (κ2) is 5.12. The summed E-state index contributed by atoms with van der Waals surface area (Å²) in [5, 5.41) is 2.06. The number of hydrogen-bond acceptors (Lipinski definition) is 3. The van der Waals surface area contributed by atoms with Crippen molar-refractivity contribution in [3.63, 3.8) is 0 Å². The highest BCUT2D eigenvalue weighted by Gasteiger charge is 2.04. The minimum atomic E-state index is 0.698. The van der Waals surface area contributed by atoms with Gasteiger partial charge in [-0.2, -0.15) is 0 Å². The van der Waals surface area contributed by atoms with Crippen molar-refractivity contribution in [2.45, 2.75) is 20.3 Å². The predicted molar refractivity (Wildman–Crippen MR) is 68.1 cm³/mol. The SMILES string of the molecule is CCOc1cc(CC)cc(-c2cscn2)c1. The number of nitrogens with zero attached hydrogens (tertiary/aromatic N) is 1. The van der Waals surface area contributed by atoms with Crippen LogP contribution in [0.1, 0.15) is 19.4 Å². The lowest BCUT2D eigenvalue weighted by atomic mass is 10.1. The van der Waals surface area contributed by atoms with Crippen molar-refractivity contribution in [2.75, 3.05) is 6.61 Å². The van der Waals surface area contributed by atoms with Gasteiger partial charge in [0.2, 0.25) is 0 Å². The van der Waals surface area contributed by atoms with Crippen molar-refractivity contribution in [1.29, 1.82) is 0 Å². The maximum absolute atomic E-state index is 5.56. The zero-order valence-electron chi connectivity index (χ0n) is 9.56. The maximum atomic E-state index is 5.56. The van der Waals surface area contributed by atoms with E-state index >= 15 is 0 Å². The molecule has 0 N–H and O–H groups in total. The third-order valence-corrected chi connectivity index (χ3v) is 3.00. The van der Waals surface area contributed by atoms with Crippen LogP contribution >= 0.6 is 11.3 Å². The fraction of sp³-hybridized carbons (Fsp3) is 0.308. The first kappa shape index (κ1) is 11.1. The molecule has 0 radical (unpaired) electrons. The third kappa shape index (κ3) is 2.42. The number of thiazole rings is 1. The molecule has 0 spiro atoms. The lowest BCUT2D eigenvalue weighted by Gasteiger charge is -2.07. The lowest BCUT2D eigenvalue weighted by Crippen LogP contribution is -1.93. The van der Waals surface area contributed by atoms with E-state index in [1.165, 1.54) is 5.56 Å². The maximum Gasteiger partial charge on any atom is 0.120 e. The van der Waals surface area contributed by atoms with Gasteiger partial charge in [-0.3, -0.25) is 0 Å². The minimum absolute atomic E-state index is 0.698. The van der Waals surface area contributed by atoms with Gasteiger partial charge in [-0.1, -0.05) is 6.92 Å². The van der Waals surface area contributed by atoms with E-state index in [1.54, 1.807) is 11.3 Å². The Morgan fingerprint density at radius 3 is 2.75 bits per heavy atom. The van der Waals surface area contributed by atoms with E-state index in [1.807, 2.05) is 12.4 Å². The Kier molecular flexibility index (Phi) is 3.57. The number of aryl methyl sites for hydroxylation is 1. The Morgan fingerprint density at radius 1 is 1.25 bits per heavy atom. The molecule has 84 valence electrons. The van der Waals surface area contributed by atoms with Gasteiger partial charge in [0.25, 0.3) is 0 Å². The standard InChI is InChI=1S/C13H15NOS/c1-3-10-5-11(13-8-16-9-14-13)7-12(6-10)15-4-2/h5-9H,3-4H2,1-2H3. The molecule has 2 aromatic rings. The monoisotopic (exact) mass is 233 g/mol. The highest BCUT2D eigenvalue weighted by Crippen LogP contribution is 2.26. The van der Waals surface area contributed by atoms with Gasteiger partial charge in [-0.05, 0) is 37.1 Å². The van der Waals surface area contributed by atoms with Crippen molar-refractivity contribution in [3.05, 3.63) is 34.7 Å². The molecule has 0 atom stereocenters. The van der Waals surface area contributed by atoms with Crippen LogP contribution in [-0.2, 0) is 6.42 Å². The Balaban J connectivity index is 2.41.